The number of hydrogen-bond donors (Lipinski definition) is 0. The first-order chi connectivity index (χ1) is 14.1. The molecule has 4 aromatic rings. The maximum Gasteiger partial charge on any atom is 0.119 e. The van der Waals surface area contributed by atoms with Gasteiger partial charge in [-0.05, 0) is 67.3 Å². The lowest BCUT2D eigenvalue weighted by Crippen LogP contribution is -2.08. The zero-order chi connectivity index (χ0) is 20.2. The van der Waals surface area contributed by atoms with Gasteiger partial charge in [0.25, 0.3) is 0 Å². The Morgan fingerprint density at radius 2 is 1.72 bits per heavy atom. The molecule has 4 heteroatoms. The van der Waals surface area contributed by atoms with Crippen LogP contribution in [-0.2, 0) is 13.0 Å². The number of ether oxygens (including phenoxy) is 1. The van der Waals surface area contributed by atoms with E-state index in [9.17, 15) is 0 Å². The first-order valence-electron chi connectivity index (χ1n) is 9.99. The number of aryl methyl sites for hydroxylation is 3. The number of para-hydroxylation sites is 2. The van der Waals surface area contributed by atoms with Gasteiger partial charge in [0.1, 0.15) is 11.6 Å². The molecule has 29 heavy (non-hydrogen) atoms. The van der Waals surface area contributed by atoms with Crippen molar-refractivity contribution in [3.05, 3.63) is 94.3 Å². The third kappa shape index (κ3) is 4.46. The first-order valence-corrected chi connectivity index (χ1v) is 10.4. The molecule has 3 aromatic carbocycles. The highest BCUT2D eigenvalue weighted by molar-refractivity contribution is 6.31. The van der Waals surface area contributed by atoms with Crippen LogP contribution in [0.2, 0.25) is 5.02 Å². The Morgan fingerprint density at radius 1 is 0.931 bits per heavy atom. The highest BCUT2D eigenvalue weighted by Crippen LogP contribution is 2.23. The highest BCUT2D eigenvalue weighted by Gasteiger charge is 2.12. The van der Waals surface area contributed by atoms with Gasteiger partial charge in [-0.3, -0.25) is 0 Å². The van der Waals surface area contributed by atoms with E-state index >= 15 is 0 Å². The lowest BCUT2D eigenvalue weighted by atomic mass is 10.1. The summed E-state index contributed by atoms with van der Waals surface area (Å²) in [7, 11) is 0. The Kier molecular flexibility index (Phi) is 5.86. The summed E-state index contributed by atoms with van der Waals surface area (Å²) in [6.45, 7) is 5.75. The molecule has 0 amide bonds. The third-order valence-corrected chi connectivity index (χ3v) is 5.68. The molecule has 0 aliphatic heterocycles. The zero-order valence-corrected chi connectivity index (χ0v) is 17.6. The van der Waals surface area contributed by atoms with E-state index in [0.717, 1.165) is 46.2 Å². The fraction of sp³-hybridized carbons (Fsp3) is 0.240. The smallest absolute Gasteiger partial charge is 0.119 e. The van der Waals surface area contributed by atoms with Crippen molar-refractivity contribution in [3.8, 4) is 5.75 Å². The van der Waals surface area contributed by atoms with Gasteiger partial charge in [0.2, 0.25) is 0 Å². The minimum Gasteiger partial charge on any atom is -0.494 e. The second-order valence-electron chi connectivity index (χ2n) is 7.38. The second kappa shape index (κ2) is 8.71. The number of aromatic nitrogens is 2. The van der Waals surface area contributed by atoms with E-state index in [4.69, 9.17) is 21.3 Å². The maximum absolute atomic E-state index is 6.39. The average molecular weight is 405 g/mol. The molecule has 0 saturated carbocycles. The Balaban J connectivity index is 1.49. The molecule has 1 heterocycles. The molecule has 0 saturated heterocycles. The van der Waals surface area contributed by atoms with Crippen molar-refractivity contribution in [2.24, 2.45) is 0 Å². The lowest BCUT2D eigenvalue weighted by Gasteiger charge is -2.12. The number of benzene rings is 3. The van der Waals surface area contributed by atoms with E-state index < -0.39 is 0 Å². The van der Waals surface area contributed by atoms with Gasteiger partial charge in [-0.1, -0.05) is 48.0 Å². The fourth-order valence-corrected chi connectivity index (χ4v) is 3.74. The van der Waals surface area contributed by atoms with Crippen molar-refractivity contribution < 1.29 is 4.74 Å². The molecule has 4 rings (SSSR count). The van der Waals surface area contributed by atoms with Gasteiger partial charge < -0.3 is 9.30 Å². The van der Waals surface area contributed by atoms with Crippen LogP contribution < -0.4 is 4.74 Å². The summed E-state index contributed by atoms with van der Waals surface area (Å²) in [5.74, 6) is 1.96. The molecule has 0 fully saturated rings. The van der Waals surface area contributed by atoms with Crippen molar-refractivity contribution in [1.82, 2.24) is 9.55 Å². The Bertz CT molecular complexity index is 1130. The molecule has 148 valence electrons. The van der Waals surface area contributed by atoms with Crippen molar-refractivity contribution in [1.29, 1.82) is 0 Å². The molecule has 3 nitrogen and oxygen atoms in total. The van der Waals surface area contributed by atoms with E-state index in [0.29, 0.717) is 13.0 Å². The standard InChI is InChI=1S/C25H25ClN2O/c1-18-12-13-21(16-19(18)2)29-15-7-14-28-24-11-6-5-10-23(24)27-25(28)17-20-8-3-4-9-22(20)26/h3-6,8-13,16H,7,14-15,17H2,1-2H3. The first kappa shape index (κ1) is 19.5. The zero-order valence-electron chi connectivity index (χ0n) is 16.9. The van der Waals surface area contributed by atoms with E-state index in [2.05, 4.69) is 54.8 Å². The van der Waals surface area contributed by atoms with E-state index in [1.807, 2.05) is 30.3 Å². The molecular formula is C25H25ClN2O. The summed E-state index contributed by atoms with van der Waals surface area (Å²) in [5.41, 5.74) is 5.80. The normalized spacial score (nSPS) is 11.1. The predicted molar refractivity (Wildman–Crippen MR) is 120 cm³/mol. The van der Waals surface area contributed by atoms with Gasteiger partial charge in [-0.25, -0.2) is 4.98 Å². The largest absolute Gasteiger partial charge is 0.494 e. The van der Waals surface area contributed by atoms with Crippen LogP contribution in [0.4, 0.5) is 0 Å². The molecule has 0 bridgehead atoms. The third-order valence-electron chi connectivity index (χ3n) is 5.31. The monoisotopic (exact) mass is 404 g/mol. The van der Waals surface area contributed by atoms with Crippen LogP contribution >= 0.6 is 11.6 Å². The van der Waals surface area contributed by atoms with Crippen LogP contribution in [0.1, 0.15) is 28.9 Å². The van der Waals surface area contributed by atoms with Crippen LogP contribution in [-0.4, -0.2) is 16.2 Å². The molecular weight excluding hydrogens is 380 g/mol. The SMILES string of the molecule is Cc1ccc(OCCCn2c(Cc3ccccc3Cl)nc3ccccc32)cc1C. The van der Waals surface area contributed by atoms with Gasteiger partial charge in [0.15, 0.2) is 0 Å². The average Bonchev–Trinajstić information content (AvgIpc) is 3.07. The molecule has 0 unspecified atom stereocenters. The number of halogens is 1. The molecule has 0 radical (unpaired) electrons. The summed E-state index contributed by atoms with van der Waals surface area (Å²) in [5, 5.41) is 0.782. The van der Waals surface area contributed by atoms with Crippen molar-refractivity contribution in [2.45, 2.75) is 33.2 Å². The minimum atomic E-state index is 0.667. The number of fused-ring (bicyclic) bond motifs is 1. The van der Waals surface area contributed by atoms with E-state index in [-0.39, 0.29) is 0 Å². The van der Waals surface area contributed by atoms with Crippen LogP contribution in [0.15, 0.2) is 66.7 Å². The molecule has 0 N–H and O–H groups in total. The maximum atomic E-state index is 6.39. The molecule has 0 spiro atoms. The van der Waals surface area contributed by atoms with E-state index in [1.54, 1.807) is 0 Å². The van der Waals surface area contributed by atoms with Crippen LogP contribution in [0.3, 0.4) is 0 Å². The lowest BCUT2D eigenvalue weighted by molar-refractivity contribution is 0.301. The van der Waals surface area contributed by atoms with Crippen molar-refractivity contribution >= 4 is 22.6 Å². The molecule has 0 aliphatic carbocycles. The predicted octanol–water partition coefficient (Wildman–Crippen LogP) is 6.37. The van der Waals surface area contributed by atoms with Crippen LogP contribution in [0, 0.1) is 13.8 Å². The number of imidazole rings is 1. The Morgan fingerprint density at radius 3 is 2.55 bits per heavy atom. The molecule has 1 aromatic heterocycles. The Labute approximate surface area is 176 Å². The topological polar surface area (TPSA) is 27.1 Å². The van der Waals surface area contributed by atoms with Gasteiger partial charge in [-0.15, -0.1) is 0 Å². The van der Waals surface area contributed by atoms with Crippen molar-refractivity contribution in [3.63, 3.8) is 0 Å². The van der Waals surface area contributed by atoms with Gasteiger partial charge in [0, 0.05) is 18.0 Å². The fourth-order valence-electron chi connectivity index (χ4n) is 3.54. The summed E-state index contributed by atoms with van der Waals surface area (Å²) >= 11 is 6.39. The summed E-state index contributed by atoms with van der Waals surface area (Å²) in [6.07, 6.45) is 1.62. The second-order valence-corrected chi connectivity index (χ2v) is 7.79. The number of nitrogens with zero attached hydrogens (tertiary/aromatic N) is 2. The molecule has 0 aliphatic rings. The van der Waals surface area contributed by atoms with Crippen LogP contribution in [0.5, 0.6) is 5.75 Å². The summed E-state index contributed by atoms with van der Waals surface area (Å²) < 4.78 is 8.27. The Hall–Kier alpha value is -2.78. The highest BCUT2D eigenvalue weighted by atomic mass is 35.5. The van der Waals surface area contributed by atoms with E-state index in [1.165, 1.54) is 11.1 Å². The summed E-state index contributed by atoms with van der Waals surface area (Å²) in [6, 6.07) is 22.5. The van der Waals surface area contributed by atoms with Gasteiger partial charge in [0.05, 0.1) is 17.6 Å². The quantitative estimate of drug-likeness (QED) is 0.335. The molecule has 0 atom stereocenters. The van der Waals surface area contributed by atoms with Crippen molar-refractivity contribution in [2.75, 3.05) is 6.61 Å². The van der Waals surface area contributed by atoms with Gasteiger partial charge in [-0.2, -0.15) is 0 Å². The van der Waals surface area contributed by atoms with Crippen LogP contribution in [0.25, 0.3) is 11.0 Å². The number of rotatable bonds is 7. The van der Waals surface area contributed by atoms with Gasteiger partial charge >= 0.3 is 0 Å². The number of hydrogen-bond acceptors (Lipinski definition) is 2. The summed E-state index contributed by atoms with van der Waals surface area (Å²) in [4.78, 5) is 4.87. The minimum absolute atomic E-state index is 0.667.